The van der Waals surface area contributed by atoms with E-state index < -0.39 is 11.0 Å². The summed E-state index contributed by atoms with van der Waals surface area (Å²) in [4.78, 5) is 42.5. The first-order valence-electron chi connectivity index (χ1n) is 10.4. The van der Waals surface area contributed by atoms with Gasteiger partial charge < -0.3 is 9.80 Å². The highest BCUT2D eigenvalue weighted by Crippen LogP contribution is 2.25. The van der Waals surface area contributed by atoms with Gasteiger partial charge in [-0.15, -0.1) is 0 Å². The lowest BCUT2D eigenvalue weighted by molar-refractivity contribution is -0.907. The molecule has 0 radical (unpaired) electrons. The summed E-state index contributed by atoms with van der Waals surface area (Å²) in [7, 11) is 0. The summed E-state index contributed by atoms with van der Waals surface area (Å²) in [5.41, 5.74) is 2.85. The van der Waals surface area contributed by atoms with Crippen LogP contribution >= 0.6 is 0 Å². The van der Waals surface area contributed by atoms with Crippen molar-refractivity contribution in [3.05, 3.63) is 64.2 Å². The third kappa shape index (κ3) is 4.09. The Morgan fingerprint density at radius 1 is 1.00 bits per heavy atom. The first-order chi connectivity index (χ1) is 14.8. The number of nitrogens with zero attached hydrogens (tertiary/aromatic N) is 4. The zero-order chi connectivity index (χ0) is 22.1. The normalized spacial score (nSPS) is 19.9. The number of quaternary nitrogens is 1. The van der Waals surface area contributed by atoms with Crippen LogP contribution < -0.4 is 14.7 Å². The van der Waals surface area contributed by atoms with Crippen LogP contribution in [0.5, 0.6) is 0 Å². The van der Waals surface area contributed by atoms with Gasteiger partial charge in [0.2, 0.25) is 0 Å². The Labute approximate surface area is 180 Å². The van der Waals surface area contributed by atoms with Crippen molar-refractivity contribution >= 4 is 29.0 Å². The van der Waals surface area contributed by atoms with Gasteiger partial charge in [-0.2, -0.15) is 0 Å². The highest BCUT2D eigenvalue weighted by atomic mass is 16.6. The number of hydrogen-bond donors (Lipinski definition) is 1. The zero-order valence-electron chi connectivity index (χ0n) is 17.7. The molecule has 31 heavy (non-hydrogen) atoms. The SMILES string of the molecule is Cc1ccc(N2C(=O)N(C[NH+]3CCN(c4ccc([N+](=O)[O-])cc4)CC3)C(=O)[C@H]2C)cc1. The molecule has 1 atom stereocenters. The number of urea groups is 1. The molecule has 1 N–H and O–H groups in total. The van der Waals surface area contributed by atoms with Gasteiger partial charge in [0.05, 0.1) is 31.1 Å². The van der Waals surface area contributed by atoms with E-state index in [1.165, 1.54) is 17.0 Å². The van der Waals surface area contributed by atoms with E-state index in [-0.39, 0.29) is 17.6 Å². The number of hydrogen-bond acceptors (Lipinski definition) is 5. The summed E-state index contributed by atoms with van der Waals surface area (Å²) in [6, 6.07) is 13.4. The number of nitro benzene ring substituents is 1. The highest BCUT2D eigenvalue weighted by molar-refractivity contribution is 6.13. The van der Waals surface area contributed by atoms with Crippen LogP contribution in [0.25, 0.3) is 0 Å². The van der Waals surface area contributed by atoms with Gasteiger partial charge in [-0.25, -0.2) is 9.69 Å². The van der Waals surface area contributed by atoms with Crippen LogP contribution in [0.2, 0.25) is 0 Å². The molecule has 0 saturated carbocycles. The van der Waals surface area contributed by atoms with Crippen molar-refractivity contribution in [1.82, 2.24) is 4.90 Å². The lowest BCUT2D eigenvalue weighted by Crippen LogP contribution is -3.16. The van der Waals surface area contributed by atoms with Gasteiger partial charge in [-0.1, -0.05) is 17.7 Å². The second kappa shape index (κ2) is 8.35. The van der Waals surface area contributed by atoms with Gasteiger partial charge >= 0.3 is 6.03 Å². The van der Waals surface area contributed by atoms with Crippen molar-refractivity contribution in [2.75, 3.05) is 42.6 Å². The van der Waals surface area contributed by atoms with Crippen LogP contribution in [-0.2, 0) is 4.79 Å². The number of imide groups is 1. The van der Waals surface area contributed by atoms with Gasteiger partial charge in [0.1, 0.15) is 6.04 Å². The van der Waals surface area contributed by atoms with E-state index >= 15 is 0 Å². The molecule has 9 heteroatoms. The summed E-state index contributed by atoms with van der Waals surface area (Å²) < 4.78 is 0. The summed E-state index contributed by atoms with van der Waals surface area (Å²) in [5, 5.41) is 10.8. The molecule has 9 nitrogen and oxygen atoms in total. The van der Waals surface area contributed by atoms with E-state index in [0.717, 1.165) is 48.0 Å². The van der Waals surface area contributed by atoms with E-state index in [0.29, 0.717) is 6.67 Å². The minimum absolute atomic E-state index is 0.0753. The number of rotatable bonds is 5. The first kappa shape index (κ1) is 20.8. The summed E-state index contributed by atoms with van der Waals surface area (Å²) in [6.45, 7) is 7.14. The minimum atomic E-state index is -0.518. The molecular weight excluding hydrogens is 398 g/mol. The number of amides is 3. The molecule has 2 aliphatic rings. The molecule has 0 bridgehead atoms. The monoisotopic (exact) mass is 424 g/mol. The molecule has 0 unspecified atom stereocenters. The number of carbonyl (C=O) groups is 2. The topological polar surface area (TPSA) is 91.4 Å². The highest BCUT2D eigenvalue weighted by Gasteiger charge is 2.45. The number of nitro groups is 1. The molecule has 0 aliphatic carbocycles. The maximum Gasteiger partial charge on any atom is 0.336 e. The number of benzene rings is 2. The molecule has 2 aliphatic heterocycles. The minimum Gasteiger partial charge on any atom is -0.360 e. The van der Waals surface area contributed by atoms with E-state index in [4.69, 9.17) is 0 Å². The Kier molecular flexibility index (Phi) is 5.60. The molecule has 0 aromatic heterocycles. The van der Waals surface area contributed by atoms with Gasteiger partial charge in [0.15, 0.2) is 6.67 Å². The molecule has 4 rings (SSSR count). The van der Waals surface area contributed by atoms with Crippen molar-refractivity contribution < 1.29 is 19.4 Å². The molecule has 2 aromatic carbocycles. The lowest BCUT2D eigenvalue weighted by atomic mass is 10.2. The molecule has 2 saturated heterocycles. The van der Waals surface area contributed by atoms with Gasteiger partial charge in [0.25, 0.3) is 11.6 Å². The van der Waals surface area contributed by atoms with E-state index in [1.807, 2.05) is 31.2 Å². The van der Waals surface area contributed by atoms with E-state index in [9.17, 15) is 19.7 Å². The fourth-order valence-electron chi connectivity index (χ4n) is 4.16. The van der Waals surface area contributed by atoms with Crippen LogP contribution in [0.4, 0.5) is 21.9 Å². The summed E-state index contributed by atoms with van der Waals surface area (Å²) in [5.74, 6) is -0.170. The number of nitrogens with one attached hydrogen (secondary N) is 1. The Morgan fingerprint density at radius 3 is 2.16 bits per heavy atom. The zero-order valence-corrected chi connectivity index (χ0v) is 17.7. The average Bonchev–Trinajstić information content (AvgIpc) is 2.98. The Morgan fingerprint density at radius 2 is 1.58 bits per heavy atom. The van der Waals surface area contributed by atoms with E-state index in [2.05, 4.69) is 4.90 Å². The van der Waals surface area contributed by atoms with Crippen LogP contribution in [0, 0.1) is 17.0 Å². The van der Waals surface area contributed by atoms with Crippen LogP contribution in [0.1, 0.15) is 12.5 Å². The van der Waals surface area contributed by atoms with Crippen molar-refractivity contribution in [3.63, 3.8) is 0 Å². The third-order valence-corrected chi connectivity index (χ3v) is 6.04. The smallest absolute Gasteiger partial charge is 0.336 e. The second-order valence-electron chi connectivity index (χ2n) is 8.10. The maximum absolute atomic E-state index is 13.0. The van der Waals surface area contributed by atoms with Gasteiger partial charge in [-0.05, 0) is 38.1 Å². The predicted octanol–water partition coefficient (Wildman–Crippen LogP) is 1.42. The number of piperazine rings is 1. The third-order valence-electron chi connectivity index (χ3n) is 6.04. The van der Waals surface area contributed by atoms with Crippen LogP contribution in [0.15, 0.2) is 48.5 Å². The number of non-ortho nitro benzene ring substituents is 1. The average molecular weight is 424 g/mol. The first-order valence-corrected chi connectivity index (χ1v) is 10.4. The predicted molar refractivity (Wildman–Crippen MR) is 116 cm³/mol. The standard InChI is InChI=1S/C22H25N5O4/c1-16-3-5-19(6-4-16)26-17(2)21(28)25(22(26)29)15-23-11-13-24(14-12-23)18-7-9-20(10-8-18)27(30)31/h3-10,17H,11-15H2,1-2H3/p+1/t17-/m1/s1. The fraction of sp³-hybridized carbons (Fsp3) is 0.364. The molecule has 2 fully saturated rings. The summed E-state index contributed by atoms with van der Waals surface area (Å²) >= 11 is 0. The van der Waals surface area contributed by atoms with Crippen molar-refractivity contribution in [1.29, 1.82) is 0 Å². The molecule has 0 spiro atoms. The Hall–Kier alpha value is -3.46. The van der Waals surface area contributed by atoms with Crippen LogP contribution in [-0.4, -0.2) is 60.7 Å². The maximum atomic E-state index is 13.0. The Bertz CT molecular complexity index is 984. The van der Waals surface area contributed by atoms with Crippen molar-refractivity contribution in [3.8, 4) is 0 Å². The molecule has 2 heterocycles. The van der Waals surface area contributed by atoms with Crippen molar-refractivity contribution in [2.45, 2.75) is 19.9 Å². The van der Waals surface area contributed by atoms with Gasteiger partial charge in [-0.3, -0.25) is 19.8 Å². The largest absolute Gasteiger partial charge is 0.360 e. The summed E-state index contributed by atoms with van der Waals surface area (Å²) in [6.07, 6.45) is 0. The fourth-order valence-corrected chi connectivity index (χ4v) is 4.16. The molecule has 2 aromatic rings. The number of aryl methyl sites for hydroxylation is 1. The number of carbonyl (C=O) groups excluding carboxylic acids is 2. The second-order valence-corrected chi connectivity index (χ2v) is 8.10. The molecule has 162 valence electrons. The lowest BCUT2D eigenvalue weighted by Gasteiger charge is -2.34. The van der Waals surface area contributed by atoms with Crippen molar-refractivity contribution in [2.24, 2.45) is 0 Å². The quantitative estimate of drug-likeness (QED) is 0.445. The van der Waals surface area contributed by atoms with E-state index in [1.54, 1.807) is 24.0 Å². The molecule has 3 amide bonds. The van der Waals surface area contributed by atoms with Gasteiger partial charge in [0, 0.05) is 23.5 Å². The number of anilines is 2. The Balaban J connectivity index is 1.37. The van der Waals surface area contributed by atoms with Crippen LogP contribution in [0.3, 0.4) is 0 Å². The molecular formula is C22H26N5O4+.